The van der Waals surface area contributed by atoms with Crippen molar-refractivity contribution in [3.05, 3.63) is 0 Å². The summed E-state index contributed by atoms with van der Waals surface area (Å²) in [6.45, 7) is 7.18. The monoisotopic (exact) mass is 253 g/mol. The summed E-state index contributed by atoms with van der Waals surface area (Å²) in [5.41, 5.74) is 0. The number of rotatable bonds is 7. The normalized spacial score (nSPS) is 28.6. The molecule has 4 heteroatoms. The van der Waals surface area contributed by atoms with E-state index in [0.717, 1.165) is 25.6 Å². The summed E-state index contributed by atoms with van der Waals surface area (Å²) in [4.78, 5) is 14.1. The van der Waals surface area contributed by atoms with Crippen LogP contribution in [0.2, 0.25) is 0 Å². The number of hydrogen-bond acceptors (Lipinski definition) is 3. The molecule has 2 aliphatic rings. The first-order valence-corrected chi connectivity index (χ1v) is 7.46. The van der Waals surface area contributed by atoms with Gasteiger partial charge in [0.15, 0.2) is 0 Å². The fourth-order valence-corrected chi connectivity index (χ4v) is 2.86. The van der Waals surface area contributed by atoms with Crippen LogP contribution in [-0.4, -0.2) is 48.6 Å². The summed E-state index contributed by atoms with van der Waals surface area (Å²) in [5.74, 6) is 0.175. The molecule has 2 N–H and O–H groups in total. The van der Waals surface area contributed by atoms with Crippen molar-refractivity contribution in [2.24, 2.45) is 0 Å². The summed E-state index contributed by atoms with van der Waals surface area (Å²) in [7, 11) is 0. The van der Waals surface area contributed by atoms with Crippen LogP contribution in [0.5, 0.6) is 0 Å². The molecule has 1 saturated carbocycles. The van der Waals surface area contributed by atoms with Gasteiger partial charge in [0, 0.05) is 44.2 Å². The van der Waals surface area contributed by atoms with Crippen LogP contribution in [0.1, 0.15) is 46.0 Å². The van der Waals surface area contributed by atoms with E-state index >= 15 is 0 Å². The maximum atomic E-state index is 11.5. The minimum atomic E-state index is 0.175. The molecule has 1 saturated heterocycles. The highest BCUT2D eigenvalue weighted by Crippen LogP contribution is 2.33. The first kappa shape index (κ1) is 13.8. The van der Waals surface area contributed by atoms with E-state index < -0.39 is 0 Å². The second kappa shape index (κ2) is 6.53. The van der Waals surface area contributed by atoms with Crippen LogP contribution in [0.25, 0.3) is 0 Å². The quantitative estimate of drug-likeness (QED) is 0.714. The van der Waals surface area contributed by atoms with E-state index in [9.17, 15) is 4.79 Å². The van der Waals surface area contributed by atoms with Gasteiger partial charge in [-0.05, 0) is 32.6 Å². The van der Waals surface area contributed by atoms with E-state index in [-0.39, 0.29) is 5.91 Å². The molecule has 2 unspecified atom stereocenters. The topological polar surface area (TPSA) is 44.4 Å². The lowest BCUT2D eigenvalue weighted by atomic mass is 10.2. The highest BCUT2D eigenvalue weighted by molar-refractivity contribution is 5.75. The molecule has 104 valence electrons. The number of amides is 1. The molecule has 2 rings (SSSR count). The Balaban J connectivity index is 1.58. The lowest BCUT2D eigenvalue weighted by molar-refractivity contribution is -0.121. The van der Waals surface area contributed by atoms with Gasteiger partial charge in [0.25, 0.3) is 0 Å². The van der Waals surface area contributed by atoms with Gasteiger partial charge >= 0.3 is 0 Å². The van der Waals surface area contributed by atoms with Gasteiger partial charge in [-0.15, -0.1) is 0 Å². The fourth-order valence-electron chi connectivity index (χ4n) is 2.86. The SMILES string of the molecule is CCCNC(=O)CCNC1CC(C)N(C2CC2)C1. The Morgan fingerprint density at radius 3 is 2.78 bits per heavy atom. The highest BCUT2D eigenvalue weighted by Gasteiger charge is 2.38. The maximum Gasteiger partial charge on any atom is 0.221 e. The Hall–Kier alpha value is -0.610. The van der Waals surface area contributed by atoms with E-state index in [1.54, 1.807) is 0 Å². The first-order chi connectivity index (χ1) is 8.70. The van der Waals surface area contributed by atoms with Gasteiger partial charge in [-0.2, -0.15) is 0 Å². The molecule has 0 spiro atoms. The van der Waals surface area contributed by atoms with Gasteiger partial charge in [-0.3, -0.25) is 9.69 Å². The summed E-state index contributed by atoms with van der Waals surface area (Å²) < 4.78 is 0. The number of carbonyl (C=O) groups is 1. The largest absolute Gasteiger partial charge is 0.356 e. The van der Waals surface area contributed by atoms with Crippen LogP contribution in [-0.2, 0) is 4.79 Å². The minimum Gasteiger partial charge on any atom is -0.356 e. The molecular formula is C14H27N3O. The zero-order valence-corrected chi connectivity index (χ0v) is 11.7. The molecule has 0 aromatic carbocycles. The Kier molecular flexibility index (Phi) is 5.01. The minimum absolute atomic E-state index is 0.175. The zero-order chi connectivity index (χ0) is 13.0. The van der Waals surface area contributed by atoms with Crippen LogP contribution in [0.4, 0.5) is 0 Å². The van der Waals surface area contributed by atoms with Crippen LogP contribution in [0, 0.1) is 0 Å². The molecule has 0 aromatic heterocycles. The highest BCUT2D eigenvalue weighted by atomic mass is 16.1. The summed E-state index contributed by atoms with van der Waals surface area (Å²) >= 11 is 0. The van der Waals surface area contributed by atoms with E-state index in [2.05, 4.69) is 29.4 Å². The summed E-state index contributed by atoms with van der Waals surface area (Å²) in [6.07, 6.45) is 5.62. The third-order valence-corrected chi connectivity index (χ3v) is 4.00. The predicted octanol–water partition coefficient (Wildman–Crippen LogP) is 1.12. The molecule has 1 amide bonds. The van der Waals surface area contributed by atoms with Crippen LogP contribution in [0.15, 0.2) is 0 Å². The average Bonchev–Trinajstić information content (AvgIpc) is 3.11. The van der Waals surface area contributed by atoms with Crippen molar-refractivity contribution in [2.75, 3.05) is 19.6 Å². The summed E-state index contributed by atoms with van der Waals surface area (Å²) in [6, 6.07) is 2.16. The molecule has 1 aliphatic heterocycles. The van der Waals surface area contributed by atoms with Crippen molar-refractivity contribution in [3.63, 3.8) is 0 Å². The molecule has 0 aromatic rings. The van der Waals surface area contributed by atoms with E-state index in [4.69, 9.17) is 0 Å². The van der Waals surface area contributed by atoms with Crippen molar-refractivity contribution in [2.45, 2.75) is 64.1 Å². The summed E-state index contributed by atoms with van der Waals surface area (Å²) in [5, 5.41) is 6.44. The number of nitrogens with zero attached hydrogens (tertiary/aromatic N) is 1. The molecule has 18 heavy (non-hydrogen) atoms. The van der Waals surface area contributed by atoms with Gasteiger partial charge in [0.05, 0.1) is 0 Å². The second-order valence-electron chi connectivity index (χ2n) is 5.76. The third-order valence-electron chi connectivity index (χ3n) is 4.00. The van der Waals surface area contributed by atoms with E-state index in [0.29, 0.717) is 18.5 Å². The van der Waals surface area contributed by atoms with Crippen molar-refractivity contribution in [1.82, 2.24) is 15.5 Å². The van der Waals surface area contributed by atoms with Crippen molar-refractivity contribution < 1.29 is 4.79 Å². The number of hydrogen-bond donors (Lipinski definition) is 2. The molecule has 1 aliphatic carbocycles. The molecular weight excluding hydrogens is 226 g/mol. The lowest BCUT2D eigenvalue weighted by Crippen LogP contribution is -2.36. The van der Waals surface area contributed by atoms with Crippen LogP contribution < -0.4 is 10.6 Å². The maximum absolute atomic E-state index is 11.5. The van der Waals surface area contributed by atoms with Gasteiger partial charge in [0.1, 0.15) is 0 Å². The van der Waals surface area contributed by atoms with Crippen LogP contribution >= 0.6 is 0 Å². The van der Waals surface area contributed by atoms with Gasteiger partial charge in [-0.25, -0.2) is 0 Å². The smallest absolute Gasteiger partial charge is 0.221 e. The zero-order valence-electron chi connectivity index (χ0n) is 11.7. The Labute approximate surface area is 110 Å². The molecule has 0 radical (unpaired) electrons. The molecule has 4 nitrogen and oxygen atoms in total. The van der Waals surface area contributed by atoms with E-state index in [1.165, 1.54) is 25.8 Å². The Morgan fingerprint density at radius 1 is 1.33 bits per heavy atom. The lowest BCUT2D eigenvalue weighted by Gasteiger charge is -2.19. The molecule has 1 heterocycles. The Bertz CT molecular complexity index is 278. The average molecular weight is 253 g/mol. The molecule has 2 fully saturated rings. The van der Waals surface area contributed by atoms with Crippen molar-refractivity contribution >= 4 is 5.91 Å². The van der Waals surface area contributed by atoms with Gasteiger partial charge in [-0.1, -0.05) is 6.92 Å². The number of nitrogens with one attached hydrogen (secondary N) is 2. The van der Waals surface area contributed by atoms with Crippen molar-refractivity contribution in [3.8, 4) is 0 Å². The van der Waals surface area contributed by atoms with Crippen LogP contribution in [0.3, 0.4) is 0 Å². The fraction of sp³-hybridized carbons (Fsp3) is 0.929. The predicted molar refractivity (Wildman–Crippen MR) is 73.5 cm³/mol. The standard InChI is InChI=1S/C14H27N3O/c1-3-7-16-14(18)6-8-15-12-9-11(2)17(10-12)13-4-5-13/h11-13,15H,3-10H2,1-2H3,(H,16,18). The van der Waals surface area contributed by atoms with E-state index in [1.807, 2.05) is 0 Å². The van der Waals surface area contributed by atoms with Gasteiger partial charge < -0.3 is 10.6 Å². The third kappa shape index (κ3) is 3.95. The van der Waals surface area contributed by atoms with Crippen molar-refractivity contribution in [1.29, 1.82) is 0 Å². The number of carbonyl (C=O) groups excluding carboxylic acids is 1. The second-order valence-corrected chi connectivity index (χ2v) is 5.76. The Morgan fingerprint density at radius 2 is 2.11 bits per heavy atom. The first-order valence-electron chi connectivity index (χ1n) is 7.46. The molecule has 0 bridgehead atoms. The van der Waals surface area contributed by atoms with Gasteiger partial charge in [0.2, 0.25) is 5.91 Å². The number of likely N-dealkylation sites (tertiary alicyclic amines) is 1. The molecule has 2 atom stereocenters.